The number of nitrogen functional groups attached to an aromatic ring is 1. The molecule has 1 aliphatic carbocycles. The molecule has 3 N–H and O–H groups in total. The van der Waals surface area contributed by atoms with Crippen molar-refractivity contribution in [2.45, 2.75) is 31.1 Å². The van der Waals surface area contributed by atoms with Crippen molar-refractivity contribution in [3.63, 3.8) is 0 Å². The van der Waals surface area contributed by atoms with E-state index in [2.05, 4.69) is 26.5 Å². The summed E-state index contributed by atoms with van der Waals surface area (Å²) in [6, 6.07) is 5.62. The maximum Gasteiger partial charge on any atom is 0.165 e. The molecule has 26 heavy (non-hydrogen) atoms. The van der Waals surface area contributed by atoms with E-state index < -0.39 is 11.0 Å². The van der Waals surface area contributed by atoms with E-state index in [-0.39, 0.29) is 11.3 Å². The summed E-state index contributed by atoms with van der Waals surface area (Å²) in [5, 5.41) is 0.220. The zero-order valence-electron chi connectivity index (χ0n) is 14.6. The molecular formula is C17H22N6O2S. The molecule has 2 aromatic rings. The molecule has 1 aliphatic heterocycles. The highest BCUT2D eigenvalue weighted by atomic mass is 32.2. The number of morpholine rings is 1. The van der Waals surface area contributed by atoms with Crippen LogP contribution >= 0.6 is 0 Å². The van der Waals surface area contributed by atoms with Crippen molar-refractivity contribution in [2.75, 3.05) is 35.1 Å². The Balaban J connectivity index is 1.70. The van der Waals surface area contributed by atoms with Gasteiger partial charge in [-0.1, -0.05) is 0 Å². The van der Waals surface area contributed by atoms with Crippen molar-refractivity contribution in [1.82, 2.24) is 15.0 Å². The number of nitrogens with one attached hydrogen (secondary N) is 1. The SMILES string of the molecule is C[C@@H]1COCCN1c1cc(NS(=O)C2CC2)nc(-c2ccc(N)nc2)n1. The minimum absolute atomic E-state index is 0.206. The third-order valence-electron chi connectivity index (χ3n) is 4.45. The summed E-state index contributed by atoms with van der Waals surface area (Å²) in [6.07, 6.45) is 3.64. The largest absolute Gasteiger partial charge is 0.384 e. The van der Waals surface area contributed by atoms with Gasteiger partial charge in [-0.15, -0.1) is 0 Å². The molecule has 8 nitrogen and oxygen atoms in total. The number of hydrogen-bond donors (Lipinski definition) is 2. The van der Waals surface area contributed by atoms with Gasteiger partial charge in [0.15, 0.2) is 5.82 Å². The van der Waals surface area contributed by atoms with E-state index in [1.807, 2.05) is 12.1 Å². The van der Waals surface area contributed by atoms with Gasteiger partial charge in [0.1, 0.15) is 28.4 Å². The van der Waals surface area contributed by atoms with E-state index in [9.17, 15) is 4.21 Å². The van der Waals surface area contributed by atoms with Crippen LogP contribution in [0.1, 0.15) is 19.8 Å². The summed E-state index contributed by atoms with van der Waals surface area (Å²) in [7, 11) is -1.12. The number of nitrogens with two attached hydrogens (primary N) is 1. The van der Waals surface area contributed by atoms with Crippen LogP contribution in [0.4, 0.5) is 17.5 Å². The topological polar surface area (TPSA) is 106 Å². The van der Waals surface area contributed by atoms with E-state index >= 15 is 0 Å². The molecule has 4 rings (SSSR count). The molecule has 0 amide bonds. The van der Waals surface area contributed by atoms with Crippen LogP contribution in [-0.2, 0) is 15.7 Å². The molecule has 1 saturated heterocycles. The van der Waals surface area contributed by atoms with Gasteiger partial charge < -0.3 is 15.4 Å². The third kappa shape index (κ3) is 3.78. The summed E-state index contributed by atoms with van der Waals surface area (Å²) in [4.78, 5) is 15.6. The first-order valence-corrected chi connectivity index (χ1v) is 9.94. The minimum Gasteiger partial charge on any atom is -0.384 e. The predicted octanol–water partition coefficient (Wildman–Crippen LogP) is 1.58. The summed E-state index contributed by atoms with van der Waals surface area (Å²) < 4.78 is 20.9. The highest BCUT2D eigenvalue weighted by molar-refractivity contribution is 7.87. The fourth-order valence-electron chi connectivity index (χ4n) is 2.84. The lowest BCUT2D eigenvalue weighted by Gasteiger charge is -2.34. The second-order valence-corrected chi connectivity index (χ2v) is 8.09. The fraction of sp³-hybridized carbons (Fsp3) is 0.471. The van der Waals surface area contributed by atoms with Crippen LogP contribution in [0, 0.1) is 0 Å². The predicted molar refractivity (Wildman–Crippen MR) is 102 cm³/mol. The van der Waals surface area contributed by atoms with E-state index in [4.69, 9.17) is 15.5 Å². The molecule has 2 aliphatic rings. The van der Waals surface area contributed by atoms with Crippen LogP contribution in [0.5, 0.6) is 0 Å². The lowest BCUT2D eigenvalue weighted by molar-refractivity contribution is 0.0985. The average molecular weight is 374 g/mol. The monoisotopic (exact) mass is 374 g/mol. The van der Waals surface area contributed by atoms with E-state index in [0.717, 1.165) is 30.8 Å². The van der Waals surface area contributed by atoms with Gasteiger partial charge in [0.05, 0.1) is 24.5 Å². The molecule has 2 atom stereocenters. The summed E-state index contributed by atoms with van der Waals surface area (Å²) in [5.74, 6) is 2.33. The molecule has 3 heterocycles. The summed E-state index contributed by atoms with van der Waals surface area (Å²) in [6.45, 7) is 4.16. The van der Waals surface area contributed by atoms with E-state index in [1.54, 1.807) is 12.3 Å². The van der Waals surface area contributed by atoms with Crippen LogP contribution in [0.2, 0.25) is 0 Å². The number of nitrogens with zero attached hydrogens (tertiary/aromatic N) is 4. The van der Waals surface area contributed by atoms with Gasteiger partial charge in [-0.05, 0) is 31.9 Å². The highest BCUT2D eigenvalue weighted by Gasteiger charge is 2.29. The van der Waals surface area contributed by atoms with Crippen molar-refractivity contribution in [3.05, 3.63) is 24.4 Å². The summed E-state index contributed by atoms with van der Waals surface area (Å²) >= 11 is 0. The normalized spacial score (nSPS) is 21.4. The van der Waals surface area contributed by atoms with Crippen LogP contribution in [0.3, 0.4) is 0 Å². The summed E-state index contributed by atoms with van der Waals surface area (Å²) in [5.41, 5.74) is 6.45. The molecular weight excluding hydrogens is 352 g/mol. The molecule has 0 radical (unpaired) electrons. The van der Waals surface area contributed by atoms with Gasteiger partial charge >= 0.3 is 0 Å². The number of ether oxygens (including phenoxy) is 1. The van der Waals surface area contributed by atoms with Crippen molar-refractivity contribution in [2.24, 2.45) is 0 Å². The molecule has 0 bridgehead atoms. The van der Waals surface area contributed by atoms with Crippen molar-refractivity contribution >= 4 is 28.4 Å². The molecule has 1 unspecified atom stereocenters. The first kappa shape index (κ1) is 17.2. The van der Waals surface area contributed by atoms with Gasteiger partial charge in [0, 0.05) is 24.4 Å². The smallest absolute Gasteiger partial charge is 0.165 e. The fourth-order valence-corrected chi connectivity index (χ4v) is 3.88. The van der Waals surface area contributed by atoms with Crippen molar-refractivity contribution < 1.29 is 8.95 Å². The molecule has 2 fully saturated rings. The van der Waals surface area contributed by atoms with Crippen LogP contribution < -0.4 is 15.4 Å². The lowest BCUT2D eigenvalue weighted by Crippen LogP contribution is -2.44. The maximum atomic E-state index is 12.3. The quantitative estimate of drug-likeness (QED) is 0.818. The van der Waals surface area contributed by atoms with Gasteiger partial charge in [-0.3, -0.25) is 4.72 Å². The highest BCUT2D eigenvalue weighted by Crippen LogP contribution is 2.29. The number of hydrogen-bond acceptors (Lipinski definition) is 7. The molecule has 1 saturated carbocycles. The second-order valence-electron chi connectivity index (χ2n) is 6.62. The average Bonchev–Trinajstić information content (AvgIpc) is 3.48. The van der Waals surface area contributed by atoms with Gasteiger partial charge in [-0.2, -0.15) is 0 Å². The Hall–Kier alpha value is -2.26. The van der Waals surface area contributed by atoms with Crippen molar-refractivity contribution in [1.29, 1.82) is 0 Å². The van der Waals surface area contributed by atoms with Crippen LogP contribution in [0.15, 0.2) is 24.4 Å². The van der Waals surface area contributed by atoms with Crippen LogP contribution in [0.25, 0.3) is 11.4 Å². The number of aromatic nitrogens is 3. The van der Waals surface area contributed by atoms with Crippen molar-refractivity contribution in [3.8, 4) is 11.4 Å². The van der Waals surface area contributed by atoms with E-state index in [1.165, 1.54) is 0 Å². The molecule has 0 spiro atoms. The third-order valence-corrected chi connectivity index (χ3v) is 5.94. The minimum atomic E-state index is -1.12. The Kier molecular flexibility index (Phi) is 4.73. The zero-order chi connectivity index (χ0) is 18.1. The van der Waals surface area contributed by atoms with Gasteiger partial charge in [0.2, 0.25) is 0 Å². The maximum absolute atomic E-state index is 12.3. The zero-order valence-corrected chi connectivity index (χ0v) is 15.4. The standard InChI is InChI=1S/C17H22N6O2S/c1-11-10-25-7-6-23(11)16-8-15(22-26(24)13-3-4-13)20-17(21-16)12-2-5-14(18)19-9-12/h2,5,8-9,11,13H,3-4,6-7,10H2,1H3,(H2,18,19)(H,20,21,22)/t11-,26?/m1/s1. The Morgan fingerprint density at radius 3 is 2.88 bits per heavy atom. The number of pyridine rings is 1. The van der Waals surface area contributed by atoms with E-state index in [0.29, 0.717) is 30.7 Å². The Morgan fingerprint density at radius 1 is 1.35 bits per heavy atom. The lowest BCUT2D eigenvalue weighted by atomic mass is 10.2. The Morgan fingerprint density at radius 2 is 2.19 bits per heavy atom. The van der Waals surface area contributed by atoms with Crippen LogP contribution in [-0.4, -0.2) is 50.2 Å². The molecule has 138 valence electrons. The van der Waals surface area contributed by atoms with Gasteiger partial charge in [-0.25, -0.2) is 19.2 Å². The molecule has 0 aromatic carbocycles. The Bertz CT molecular complexity index is 811. The Labute approximate surface area is 154 Å². The number of rotatable bonds is 5. The molecule has 2 aromatic heterocycles. The first-order valence-electron chi connectivity index (χ1n) is 8.73. The molecule has 9 heteroatoms. The second kappa shape index (κ2) is 7.16. The van der Waals surface area contributed by atoms with Gasteiger partial charge in [0.25, 0.3) is 0 Å². The first-order chi connectivity index (χ1) is 12.6. The number of anilines is 3.